The Hall–Kier alpha value is -0.960. The van der Waals surface area contributed by atoms with E-state index >= 15 is 0 Å². The Kier molecular flexibility index (Phi) is 4.79. The average Bonchev–Trinajstić information content (AvgIpc) is 2.43. The first-order chi connectivity index (χ1) is 9.50. The van der Waals surface area contributed by atoms with Gasteiger partial charge in [0.2, 0.25) is 5.91 Å². The van der Waals surface area contributed by atoms with Crippen LogP contribution in [0.1, 0.15) is 44.2 Å². The van der Waals surface area contributed by atoms with E-state index in [0.29, 0.717) is 6.42 Å². The molecule has 1 aromatic rings. The minimum atomic E-state index is 0.101. The average molecular weight is 291 g/mol. The normalized spacial score (nSPS) is 23.2. The van der Waals surface area contributed by atoms with Gasteiger partial charge in [0, 0.05) is 30.3 Å². The molecule has 1 fully saturated rings. The Bertz CT molecular complexity index is 500. The molecule has 0 N–H and O–H groups in total. The van der Waals surface area contributed by atoms with Gasteiger partial charge < -0.3 is 4.90 Å². The maximum absolute atomic E-state index is 11.7. The quantitative estimate of drug-likeness (QED) is 0.785. The number of aryl methyl sites for hydroxylation is 1. The third kappa shape index (κ3) is 3.03. The highest BCUT2D eigenvalue weighted by Crippen LogP contribution is 2.37. The number of likely N-dealkylation sites (tertiary alicyclic amines) is 1. The number of amides is 1. The Labute approximate surface area is 126 Å². The van der Waals surface area contributed by atoms with Crippen molar-refractivity contribution >= 4 is 17.7 Å². The fourth-order valence-corrected chi connectivity index (χ4v) is 3.71. The van der Waals surface area contributed by atoms with Crippen LogP contribution in [0.3, 0.4) is 0 Å². The van der Waals surface area contributed by atoms with E-state index in [2.05, 4.69) is 38.3 Å². The zero-order valence-corrected chi connectivity index (χ0v) is 13.8. The summed E-state index contributed by atoms with van der Waals surface area (Å²) in [6.45, 7) is 5.37. The second kappa shape index (κ2) is 6.21. The smallest absolute Gasteiger partial charge is 0.222 e. The van der Waals surface area contributed by atoms with Crippen LogP contribution < -0.4 is 0 Å². The van der Waals surface area contributed by atoms with Crippen molar-refractivity contribution in [2.24, 2.45) is 0 Å². The zero-order chi connectivity index (χ0) is 14.8. The molecule has 1 aliphatic rings. The second-order valence-electron chi connectivity index (χ2n) is 6.08. The van der Waals surface area contributed by atoms with E-state index in [1.165, 1.54) is 16.0 Å². The summed E-state index contributed by atoms with van der Waals surface area (Å²) in [5, 5.41) is 0. The van der Waals surface area contributed by atoms with E-state index in [1.807, 2.05) is 11.9 Å². The maximum Gasteiger partial charge on any atom is 0.222 e. The van der Waals surface area contributed by atoms with Gasteiger partial charge in [0.1, 0.15) is 0 Å². The SMILES string of the molecule is CCCc1cc(SC)ccc1[C@@]1(C)CCC(=O)N(C)C1. The Morgan fingerprint density at radius 2 is 2.15 bits per heavy atom. The van der Waals surface area contributed by atoms with Crippen molar-refractivity contribution in [3.63, 3.8) is 0 Å². The summed E-state index contributed by atoms with van der Waals surface area (Å²) in [6, 6.07) is 6.85. The van der Waals surface area contributed by atoms with E-state index in [4.69, 9.17) is 0 Å². The third-order valence-electron chi connectivity index (χ3n) is 4.38. The molecule has 1 saturated heterocycles. The predicted octanol–water partition coefficient (Wildman–Crippen LogP) is 3.87. The molecule has 110 valence electrons. The molecule has 20 heavy (non-hydrogen) atoms. The molecule has 0 aliphatic carbocycles. The summed E-state index contributed by atoms with van der Waals surface area (Å²) >= 11 is 1.80. The van der Waals surface area contributed by atoms with Crippen molar-refractivity contribution in [3.8, 4) is 0 Å². The van der Waals surface area contributed by atoms with E-state index < -0.39 is 0 Å². The van der Waals surface area contributed by atoms with Gasteiger partial charge >= 0.3 is 0 Å². The van der Waals surface area contributed by atoms with Crippen LogP contribution in [0.5, 0.6) is 0 Å². The number of nitrogens with zero attached hydrogens (tertiary/aromatic N) is 1. The number of carbonyl (C=O) groups is 1. The highest BCUT2D eigenvalue weighted by Gasteiger charge is 2.35. The number of likely N-dealkylation sites (N-methyl/N-ethyl adjacent to an activating group) is 1. The fraction of sp³-hybridized carbons (Fsp3) is 0.588. The first-order valence-electron chi connectivity index (χ1n) is 7.41. The van der Waals surface area contributed by atoms with Crippen LogP contribution in [0.15, 0.2) is 23.1 Å². The van der Waals surface area contributed by atoms with Crippen molar-refractivity contribution < 1.29 is 4.79 Å². The van der Waals surface area contributed by atoms with E-state index in [9.17, 15) is 4.79 Å². The Morgan fingerprint density at radius 1 is 1.40 bits per heavy atom. The molecule has 1 heterocycles. The molecule has 0 unspecified atom stereocenters. The molecule has 2 nitrogen and oxygen atoms in total. The molecule has 1 aliphatic heterocycles. The predicted molar refractivity (Wildman–Crippen MR) is 86.4 cm³/mol. The molecule has 0 bridgehead atoms. The van der Waals surface area contributed by atoms with E-state index in [-0.39, 0.29) is 11.3 Å². The van der Waals surface area contributed by atoms with Crippen LogP contribution >= 0.6 is 11.8 Å². The summed E-state index contributed by atoms with van der Waals surface area (Å²) in [7, 11) is 1.93. The number of piperidine rings is 1. The van der Waals surface area contributed by atoms with E-state index in [1.54, 1.807) is 11.8 Å². The highest BCUT2D eigenvalue weighted by molar-refractivity contribution is 7.98. The number of benzene rings is 1. The molecular formula is C17H25NOS. The maximum atomic E-state index is 11.7. The molecule has 0 spiro atoms. The summed E-state index contributed by atoms with van der Waals surface area (Å²) in [6.07, 6.45) is 6.04. The van der Waals surface area contributed by atoms with Crippen LogP contribution in [0.25, 0.3) is 0 Å². The topological polar surface area (TPSA) is 20.3 Å². The molecule has 0 aromatic heterocycles. The Balaban J connectivity index is 2.37. The third-order valence-corrected chi connectivity index (χ3v) is 5.11. The standard InChI is InChI=1S/C17H25NOS/c1-5-6-13-11-14(20-4)7-8-15(13)17(2)10-9-16(19)18(3)12-17/h7-8,11H,5-6,9-10,12H2,1-4H3/t17-/m0/s1. The monoisotopic (exact) mass is 291 g/mol. The van der Waals surface area contributed by atoms with Gasteiger partial charge in [-0.1, -0.05) is 26.3 Å². The first kappa shape index (κ1) is 15.4. The number of hydrogen-bond donors (Lipinski definition) is 0. The van der Waals surface area contributed by atoms with Gasteiger partial charge in [0.25, 0.3) is 0 Å². The van der Waals surface area contributed by atoms with Crippen molar-refractivity contribution in [2.45, 2.75) is 49.8 Å². The van der Waals surface area contributed by atoms with Gasteiger partial charge in [-0.3, -0.25) is 4.79 Å². The van der Waals surface area contributed by atoms with Crippen molar-refractivity contribution in [2.75, 3.05) is 19.8 Å². The van der Waals surface area contributed by atoms with Gasteiger partial charge in [-0.25, -0.2) is 0 Å². The fourth-order valence-electron chi connectivity index (χ4n) is 3.25. The molecule has 1 atom stereocenters. The van der Waals surface area contributed by atoms with E-state index in [0.717, 1.165) is 25.8 Å². The Morgan fingerprint density at radius 3 is 2.75 bits per heavy atom. The lowest BCUT2D eigenvalue weighted by Crippen LogP contribution is -2.45. The van der Waals surface area contributed by atoms with Gasteiger partial charge in [-0.2, -0.15) is 0 Å². The number of hydrogen-bond acceptors (Lipinski definition) is 2. The zero-order valence-electron chi connectivity index (χ0n) is 13.0. The van der Waals surface area contributed by atoms with Crippen molar-refractivity contribution in [3.05, 3.63) is 29.3 Å². The summed E-state index contributed by atoms with van der Waals surface area (Å²) < 4.78 is 0. The first-order valence-corrected chi connectivity index (χ1v) is 8.64. The molecule has 3 heteroatoms. The van der Waals surface area contributed by atoms with Crippen molar-refractivity contribution in [1.82, 2.24) is 4.90 Å². The number of carbonyl (C=O) groups excluding carboxylic acids is 1. The van der Waals surface area contributed by atoms with Crippen LogP contribution in [-0.4, -0.2) is 30.7 Å². The largest absolute Gasteiger partial charge is 0.345 e. The lowest BCUT2D eigenvalue weighted by molar-refractivity contribution is -0.133. The molecule has 1 amide bonds. The van der Waals surface area contributed by atoms with Crippen LogP contribution in [0, 0.1) is 0 Å². The molecular weight excluding hydrogens is 266 g/mol. The lowest BCUT2D eigenvalue weighted by atomic mass is 9.73. The minimum absolute atomic E-state index is 0.101. The number of thioether (sulfide) groups is 1. The summed E-state index contributed by atoms with van der Waals surface area (Å²) in [5.74, 6) is 0.278. The second-order valence-corrected chi connectivity index (χ2v) is 6.96. The summed E-state index contributed by atoms with van der Waals surface area (Å²) in [5.41, 5.74) is 3.01. The molecule has 1 aromatic carbocycles. The van der Waals surface area contributed by atoms with Gasteiger partial charge in [0.05, 0.1) is 0 Å². The molecule has 2 rings (SSSR count). The van der Waals surface area contributed by atoms with Crippen LogP contribution in [0.4, 0.5) is 0 Å². The van der Waals surface area contributed by atoms with Crippen LogP contribution in [-0.2, 0) is 16.6 Å². The molecule has 0 saturated carbocycles. The van der Waals surface area contributed by atoms with Gasteiger partial charge in [-0.15, -0.1) is 11.8 Å². The van der Waals surface area contributed by atoms with Crippen molar-refractivity contribution in [1.29, 1.82) is 0 Å². The minimum Gasteiger partial charge on any atom is -0.345 e. The van der Waals surface area contributed by atoms with Gasteiger partial charge in [0.15, 0.2) is 0 Å². The highest BCUT2D eigenvalue weighted by atomic mass is 32.2. The summed E-state index contributed by atoms with van der Waals surface area (Å²) in [4.78, 5) is 15.0. The van der Waals surface area contributed by atoms with Crippen LogP contribution in [0.2, 0.25) is 0 Å². The lowest BCUT2D eigenvalue weighted by Gasteiger charge is -2.40. The molecule has 0 radical (unpaired) electrons. The number of rotatable bonds is 4. The van der Waals surface area contributed by atoms with Gasteiger partial charge in [-0.05, 0) is 42.4 Å².